The lowest BCUT2D eigenvalue weighted by Crippen LogP contribution is -2.33. The van der Waals surface area contributed by atoms with Crippen molar-refractivity contribution >= 4 is 53.7 Å². The van der Waals surface area contributed by atoms with E-state index in [0.717, 1.165) is 56.3 Å². The summed E-state index contributed by atoms with van der Waals surface area (Å²) in [5.41, 5.74) is 7.54. The van der Waals surface area contributed by atoms with E-state index < -0.39 is 18.0 Å². The van der Waals surface area contributed by atoms with Crippen molar-refractivity contribution in [3.05, 3.63) is 36.2 Å². The number of hydrogen-bond acceptors (Lipinski definition) is 8. The first-order chi connectivity index (χ1) is 18.7. The highest BCUT2D eigenvalue weighted by molar-refractivity contribution is 5.94. The van der Waals surface area contributed by atoms with E-state index in [1.165, 1.54) is 25.0 Å². The molecule has 0 bridgehead atoms. The number of hydrogen-bond donors (Lipinski definition) is 4. The number of nitrogens with one attached hydrogen (secondary N) is 3. The fraction of sp³-hybridized carbons (Fsp3) is 0.538. The summed E-state index contributed by atoms with van der Waals surface area (Å²) >= 11 is 0. The highest BCUT2D eigenvalue weighted by Crippen LogP contribution is 2.33. The molecule has 0 radical (unpaired) electrons. The van der Waals surface area contributed by atoms with Crippen LogP contribution in [0.15, 0.2) is 30.6 Å². The third-order valence-corrected chi connectivity index (χ3v) is 7.28. The summed E-state index contributed by atoms with van der Waals surface area (Å²) < 4.78 is 43.5. The van der Waals surface area contributed by atoms with E-state index in [4.69, 9.17) is 15.7 Å². The lowest BCUT2D eigenvalue weighted by atomic mass is 9.92. The summed E-state index contributed by atoms with van der Waals surface area (Å²) in [5, 5.41) is 9.43. The van der Waals surface area contributed by atoms with Crippen LogP contribution in [0.2, 0.25) is 0 Å². The highest BCUT2D eigenvalue weighted by atomic mass is 35.5. The number of halogens is 5. The van der Waals surface area contributed by atoms with Crippen molar-refractivity contribution in [1.82, 2.24) is 24.8 Å². The van der Waals surface area contributed by atoms with Crippen LogP contribution in [0.25, 0.3) is 11.2 Å². The van der Waals surface area contributed by atoms with Gasteiger partial charge < -0.3 is 31.0 Å². The Morgan fingerprint density at radius 2 is 1.78 bits per heavy atom. The molecule has 10 nitrogen and oxygen atoms in total. The molecule has 226 valence electrons. The maximum absolute atomic E-state index is 12.5. The zero-order valence-electron chi connectivity index (χ0n) is 22.3. The van der Waals surface area contributed by atoms with E-state index >= 15 is 0 Å². The first-order valence-electron chi connectivity index (χ1n) is 13.4. The molecule has 0 saturated heterocycles. The SMILES string of the molecule is Cl.Cl.NC1CCC(Nc2nc(NCCNC(=O)c3cccc(OC(F)(F)F)c3)c3ncn(C4CCCC4)c3n2)CC1. The molecule has 0 spiro atoms. The van der Waals surface area contributed by atoms with Crippen LogP contribution in [0.3, 0.4) is 0 Å². The standard InChI is InChI=1S/C26H33F3N8O2.2ClH/c27-26(28,29)39-20-7-3-4-16(14-20)24(38)32-13-12-31-22-21-23(37(15-33-21)19-5-1-2-6-19)36-25(35-22)34-18-10-8-17(30)9-11-18;;/h3-4,7,14-15,17-19H,1-2,5-6,8-13,30H2,(H,32,38)(H2,31,34,35,36);2*1H. The first kappa shape index (κ1) is 32.5. The maximum atomic E-state index is 12.5. The van der Waals surface area contributed by atoms with Crippen molar-refractivity contribution in [3.8, 4) is 5.75 Å². The van der Waals surface area contributed by atoms with Gasteiger partial charge in [-0.15, -0.1) is 38.0 Å². The monoisotopic (exact) mass is 618 g/mol. The Morgan fingerprint density at radius 1 is 1.05 bits per heavy atom. The molecule has 3 aromatic rings. The third kappa shape index (κ3) is 8.49. The van der Waals surface area contributed by atoms with E-state index in [9.17, 15) is 18.0 Å². The minimum atomic E-state index is -4.83. The normalized spacial score (nSPS) is 19.2. The van der Waals surface area contributed by atoms with Crippen molar-refractivity contribution in [3.63, 3.8) is 0 Å². The summed E-state index contributed by atoms with van der Waals surface area (Å²) in [7, 11) is 0. The number of benzene rings is 1. The summed E-state index contributed by atoms with van der Waals surface area (Å²) in [5.74, 6) is 0.118. The van der Waals surface area contributed by atoms with Gasteiger partial charge >= 0.3 is 6.36 Å². The van der Waals surface area contributed by atoms with E-state index in [2.05, 4.69) is 30.2 Å². The van der Waals surface area contributed by atoms with Gasteiger partial charge in [0.05, 0.1) is 6.33 Å². The van der Waals surface area contributed by atoms with Gasteiger partial charge in [0, 0.05) is 36.8 Å². The van der Waals surface area contributed by atoms with Crippen LogP contribution in [0.1, 0.15) is 67.8 Å². The van der Waals surface area contributed by atoms with Gasteiger partial charge in [-0.05, 0) is 56.7 Å². The van der Waals surface area contributed by atoms with Gasteiger partial charge in [-0.1, -0.05) is 18.9 Å². The second-order valence-electron chi connectivity index (χ2n) is 10.2. The molecular formula is C26H35Cl2F3N8O2. The van der Waals surface area contributed by atoms with Crippen molar-refractivity contribution in [1.29, 1.82) is 0 Å². The van der Waals surface area contributed by atoms with Crippen LogP contribution in [0, 0.1) is 0 Å². The minimum Gasteiger partial charge on any atom is -0.406 e. The Labute approximate surface area is 248 Å². The minimum absolute atomic E-state index is 0. The summed E-state index contributed by atoms with van der Waals surface area (Å²) in [6, 6.07) is 5.79. The van der Waals surface area contributed by atoms with Crippen molar-refractivity contribution in [2.45, 2.75) is 75.9 Å². The zero-order chi connectivity index (χ0) is 27.4. The highest BCUT2D eigenvalue weighted by Gasteiger charge is 2.31. The van der Waals surface area contributed by atoms with E-state index in [0.29, 0.717) is 29.9 Å². The number of carbonyl (C=O) groups excluding carboxylic acids is 1. The van der Waals surface area contributed by atoms with Crippen LogP contribution >= 0.6 is 24.8 Å². The molecule has 5 rings (SSSR count). The molecule has 0 unspecified atom stereocenters. The van der Waals surface area contributed by atoms with E-state index in [1.54, 1.807) is 0 Å². The molecule has 2 aromatic heterocycles. The lowest BCUT2D eigenvalue weighted by Gasteiger charge is -2.27. The number of aromatic nitrogens is 4. The molecule has 0 aliphatic heterocycles. The molecule has 1 amide bonds. The smallest absolute Gasteiger partial charge is 0.406 e. The summed E-state index contributed by atoms with van der Waals surface area (Å²) in [6.07, 6.45) is 5.34. The summed E-state index contributed by atoms with van der Waals surface area (Å²) in [4.78, 5) is 26.6. The third-order valence-electron chi connectivity index (χ3n) is 7.28. The second-order valence-corrected chi connectivity index (χ2v) is 10.2. The topological polar surface area (TPSA) is 132 Å². The molecular weight excluding hydrogens is 584 g/mol. The van der Waals surface area contributed by atoms with Gasteiger partial charge in [-0.25, -0.2) is 4.98 Å². The van der Waals surface area contributed by atoms with E-state index in [1.807, 2.05) is 6.33 Å². The fourth-order valence-corrected chi connectivity index (χ4v) is 5.29. The molecule has 0 atom stereocenters. The second kappa shape index (κ2) is 14.2. The van der Waals surface area contributed by atoms with Crippen molar-refractivity contribution < 1.29 is 22.7 Å². The molecule has 2 saturated carbocycles. The Morgan fingerprint density at radius 3 is 2.49 bits per heavy atom. The Kier molecular flexibility index (Phi) is 11.3. The van der Waals surface area contributed by atoms with Gasteiger partial charge in [0.15, 0.2) is 17.0 Å². The molecule has 2 fully saturated rings. The molecule has 41 heavy (non-hydrogen) atoms. The molecule has 2 aliphatic rings. The molecule has 15 heteroatoms. The van der Waals surface area contributed by atoms with Crippen LogP contribution in [0.4, 0.5) is 24.9 Å². The number of imidazole rings is 1. The lowest BCUT2D eigenvalue weighted by molar-refractivity contribution is -0.274. The number of ether oxygens (including phenoxy) is 1. The van der Waals surface area contributed by atoms with Gasteiger partial charge in [0.2, 0.25) is 5.95 Å². The van der Waals surface area contributed by atoms with Crippen LogP contribution in [0.5, 0.6) is 5.75 Å². The predicted octanol–water partition coefficient (Wildman–Crippen LogP) is 5.21. The number of carbonyl (C=O) groups is 1. The quantitative estimate of drug-likeness (QED) is 0.240. The van der Waals surface area contributed by atoms with Gasteiger partial charge in [0.1, 0.15) is 5.75 Å². The number of alkyl halides is 3. The van der Waals surface area contributed by atoms with Gasteiger partial charge in [-0.3, -0.25) is 4.79 Å². The number of rotatable bonds is 9. The van der Waals surface area contributed by atoms with Gasteiger partial charge in [0.25, 0.3) is 5.91 Å². The maximum Gasteiger partial charge on any atom is 0.573 e. The van der Waals surface area contributed by atoms with Crippen molar-refractivity contribution in [2.24, 2.45) is 5.73 Å². The van der Waals surface area contributed by atoms with Crippen molar-refractivity contribution in [2.75, 3.05) is 23.7 Å². The molecule has 5 N–H and O–H groups in total. The first-order valence-corrected chi connectivity index (χ1v) is 13.4. The van der Waals surface area contributed by atoms with Crippen LogP contribution in [-0.4, -0.2) is 57.0 Å². The fourth-order valence-electron chi connectivity index (χ4n) is 5.29. The molecule has 1 aromatic carbocycles. The Bertz CT molecular complexity index is 1300. The predicted molar refractivity (Wildman–Crippen MR) is 155 cm³/mol. The number of nitrogens with two attached hydrogens (primary N) is 1. The van der Waals surface area contributed by atoms with Gasteiger partial charge in [-0.2, -0.15) is 9.97 Å². The van der Waals surface area contributed by atoms with E-state index in [-0.39, 0.29) is 49.0 Å². The van der Waals surface area contributed by atoms with Crippen LogP contribution < -0.4 is 26.4 Å². The Balaban J connectivity index is 0.00000231. The Hall–Kier alpha value is -3.03. The summed E-state index contributed by atoms with van der Waals surface area (Å²) in [6.45, 7) is 0.534. The number of anilines is 2. The molecule has 2 heterocycles. The zero-order valence-corrected chi connectivity index (χ0v) is 24.0. The van der Waals surface area contributed by atoms with Crippen LogP contribution in [-0.2, 0) is 0 Å². The number of fused-ring (bicyclic) bond motifs is 1. The average molecular weight is 620 g/mol. The number of nitrogens with zero attached hydrogens (tertiary/aromatic N) is 4. The largest absolute Gasteiger partial charge is 0.573 e. The number of amides is 1. The average Bonchev–Trinajstić information content (AvgIpc) is 3.57. The molecule has 2 aliphatic carbocycles.